The maximum atomic E-state index is 14.0. The highest BCUT2D eigenvalue weighted by Gasteiger charge is 2.51. The van der Waals surface area contributed by atoms with Crippen LogP contribution in [0.5, 0.6) is 17.2 Å². The van der Waals surface area contributed by atoms with E-state index in [-0.39, 0.29) is 82.7 Å². The fourth-order valence-corrected chi connectivity index (χ4v) is 10.3. The molecule has 2 aromatic carbocycles. The summed E-state index contributed by atoms with van der Waals surface area (Å²) in [6.45, 7) is 0.681. The van der Waals surface area contributed by atoms with Gasteiger partial charge in [-0.1, -0.05) is 12.1 Å². The first-order valence-corrected chi connectivity index (χ1v) is 21.3. The molecule has 19 heteroatoms. The van der Waals surface area contributed by atoms with Gasteiger partial charge in [-0.3, -0.25) is 38.5 Å². The number of carbonyl (C=O) groups is 7. The molecule has 0 spiro atoms. The molecule has 2 aliphatic heterocycles. The molecule has 1 saturated carbocycles. The smallest absolute Gasteiger partial charge is 0.242 e. The third-order valence-electron chi connectivity index (χ3n) is 12.6. The van der Waals surface area contributed by atoms with Gasteiger partial charge in [-0.2, -0.15) is 0 Å². The van der Waals surface area contributed by atoms with Gasteiger partial charge in [-0.25, -0.2) is 0 Å². The number of likely N-dealkylation sites (tertiary alicyclic amines) is 1. The Hall–Kier alpha value is -4.92. The first-order chi connectivity index (χ1) is 29.0. The average Bonchev–Trinajstić information content (AvgIpc) is 3.51. The van der Waals surface area contributed by atoms with E-state index >= 15 is 0 Å². The Morgan fingerprint density at radius 2 is 1.72 bits per heavy atom. The zero-order valence-corrected chi connectivity index (χ0v) is 34.6. The van der Waals surface area contributed by atoms with Gasteiger partial charge in [0.05, 0.1) is 53.1 Å². The summed E-state index contributed by atoms with van der Waals surface area (Å²) >= 11 is 1.13. The molecule has 0 aromatic heterocycles. The van der Waals surface area contributed by atoms with E-state index < -0.39 is 107 Å². The molecule has 5 unspecified atom stereocenters. The van der Waals surface area contributed by atoms with Crippen LogP contribution in [0.2, 0.25) is 0 Å². The lowest BCUT2D eigenvalue weighted by Crippen LogP contribution is -2.56. The molecule has 2 heterocycles. The Kier molecular flexibility index (Phi) is 12.6. The fraction of sp³-hybridized carbons (Fsp3) is 0.548. The van der Waals surface area contributed by atoms with Crippen LogP contribution < -0.4 is 15.4 Å². The Morgan fingerprint density at radius 3 is 2.39 bits per heavy atom. The Labute approximate surface area is 354 Å². The second-order valence-corrected chi connectivity index (χ2v) is 17.5. The second kappa shape index (κ2) is 17.5. The van der Waals surface area contributed by atoms with Crippen LogP contribution in [-0.2, 0) is 39.9 Å². The molecule has 7 atom stereocenters. The number of amides is 4. The van der Waals surface area contributed by atoms with Crippen molar-refractivity contribution in [1.82, 2.24) is 15.5 Å². The van der Waals surface area contributed by atoms with Crippen molar-refractivity contribution in [3.05, 3.63) is 51.6 Å². The van der Waals surface area contributed by atoms with E-state index in [2.05, 4.69) is 10.6 Å². The normalized spacial score (nSPS) is 29.7. The zero-order chi connectivity index (χ0) is 44.1. The fourth-order valence-electron chi connectivity index (χ4n) is 9.25. The summed E-state index contributed by atoms with van der Waals surface area (Å²) < 4.78 is 17.6. The predicted octanol–water partition coefficient (Wildman–Crippen LogP) is 0.572. The van der Waals surface area contributed by atoms with Crippen molar-refractivity contribution in [3.63, 3.8) is 0 Å². The van der Waals surface area contributed by atoms with Gasteiger partial charge in [0.1, 0.15) is 35.6 Å². The van der Waals surface area contributed by atoms with Crippen LogP contribution in [0.25, 0.3) is 0 Å². The first-order valence-electron chi connectivity index (χ1n) is 20.2. The highest BCUT2D eigenvalue weighted by atomic mass is 32.2. The lowest BCUT2D eigenvalue weighted by atomic mass is 9.72. The summed E-state index contributed by atoms with van der Waals surface area (Å²) in [6, 6.07) is 3.38. The molecule has 3 aliphatic carbocycles. The topological polar surface area (TPSA) is 276 Å². The zero-order valence-electron chi connectivity index (χ0n) is 33.8. The molecular formula is C42H49N3O15S. The molecule has 3 fully saturated rings. The van der Waals surface area contributed by atoms with Crippen LogP contribution >= 0.6 is 11.8 Å². The van der Waals surface area contributed by atoms with Gasteiger partial charge in [0.2, 0.25) is 29.4 Å². The number of phenols is 2. The van der Waals surface area contributed by atoms with Crippen LogP contribution in [-0.4, -0.2) is 140 Å². The average molecular weight is 868 g/mol. The molecule has 4 amide bonds. The van der Waals surface area contributed by atoms with Crippen LogP contribution in [0, 0.1) is 11.8 Å². The van der Waals surface area contributed by atoms with Crippen LogP contribution in [0.3, 0.4) is 0 Å². The molecule has 7 rings (SSSR count). The molecule has 7 N–H and O–H groups in total. The van der Waals surface area contributed by atoms with E-state index in [0.717, 1.165) is 11.8 Å². The van der Waals surface area contributed by atoms with E-state index in [9.17, 15) is 59.1 Å². The number of nitrogens with zero attached hydrogens (tertiary/aromatic N) is 1. The first kappa shape index (κ1) is 44.1. The summed E-state index contributed by atoms with van der Waals surface area (Å²) in [5.74, 6) is -5.70. The molecule has 61 heavy (non-hydrogen) atoms. The van der Waals surface area contributed by atoms with Gasteiger partial charge in [0.25, 0.3) is 0 Å². The van der Waals surface area contributed by atoms with Crippen LogP contribution in [0.1, 0.15) is 101 Å². The van der Waals surface area contributed by atoms with Gasteiger partial charge in [-0.15, -0.1) is 11.8 Å². The number of fused-ring (bicyclic) bond motifs is 3. The van der Waals surface area contributed by atoms with E-state index in [1.165, 1.54) is 37.3 Å². The number of aromatic hydroxyl groups is 2. The van der Waals surface area contributed by atoms with Crippen molar-refractivity contribution in [3.8, 4) is 17.2 Å². The molecule has 328 valence electrons. The summed E-state index contributed by atoms with van der Waals surface area (Å²) in [6.07, 6.45) is -4.17. The predicted molar refractivity (Wildman–Crippen MR) is 213 cm³/mol. The number of rotatable bonds is 12. The van der Waals surface area contributed by atoms with Crippen molar-refractivity contribution in [2.75, 3.05) is 33.1 Å². The van der Waals surface area contributed by atoms with Crippen molar-refractivity contribution in [2.24, 2.45) is 11.8 Å². The number of aliphatic hydroxyl groups excluding tert-OH is 2. The van der Waals surface area contributed by atoms with E-state index in [4.69, 9.17) is 14.2 Å². The number of hydrogen-bond donors (Lipinski definition) is 7. The monoisotopic (exact) mass is 867 g/mol. The molecule has 2 aromatic rings. The number of ether oxygens (including phenoxy) is 3. The number of carbonyl (C=O) groups excluding carboxylic acids is 7. The number of Topliss-reactive ketones (excluding diaryl/α,β-unsaturated/α-hetero) is 1. The summed E-state index contributed by atoms with van der Waals surface area (Å²) in [7, 11) is 2.80. The maximum Gasteiger partial charge on any atom is 0.242 e. The molecular weight excluding hydrogens is 819 g/mol. The summed E-state index contributed by atoms with van der Waals surface area (Å²) in [5, 5.41) is 60.8. The number of nitrogens with one attached hydrogen (secondary N) is 2. The molecule has 5 aliphatic rings. The minimum atomic E-state index is -2.36. The van der Waals surface area contributed by atoms with Gasteiger partial charge < -0.3 is 50.4 Å². The van der Waals surface area contributed by atoms with E-state index in [1.807, 2.05) is 0 Å². The van der Waals surface area contributed by atoms with E-state index in [1.54, 1.807) is 6.92 Å². The van der Waals surface area contributed by atoms with Crippen molar-refractivity contribution < 1.29 is 73.3 Å². The number of benzene rings is 2. The number of aliphatic hydroxyl groups is 3. The second-order valence-electron chi connectivity index (χ2n) is 16.3. The number of hydrogen-bond acceptors (Lipinski definition) is 16. The number of ketones is 3. The number of thioether (sulfide) groups is 1. The quantitative estimate of drug-likeness (QED) is 0.0969. The number of methoxy groups -OCH3 is 1. The molecule has 0 bridgehead atoms. The van der Waals surface area contributed by atoms with Crippen molar-refractivity contribution >= 4 is 52.7 Å². The Bertz CT molecular complexity index is 2170. The Morgan fingerprint density at radius 1 is 1.02 bits per heavy atom. The highest BCUT2D eigenvalue weighted by Crippen LogP contribution is 2.52. The minimum absolute atomic E-state index is 0.0208. The summed E-state index contributed by atoms with van der Waals surface area (Å²) in [4.78, 5) is 93.0. The van der Waals surface area contributed by atoms with Crippen LogP contribution in [0.15, 0.2) is 18.2 Å². The SMILES string of the molecule is CNC(=O)CSC1CC(=O)N(CC2CCC(C(=O)NC3CC(O[C@H]4C[C@](O)(C(=O)CO)Cc5c(O)c6c(c(O)c54)C(=O)c4c(OC)cccc4C6=O)OC(C)C3O)CC2)C1=O. The molecule has 2 saturated heterocycles. The van der Waals surface area contributed by atoms with Crippen molar-refractivity contribution in [1.29, 1.82) is 0 Å². The van der Waals surface area contributed by atoms with Gasteiger partial charge >= 0.3 is 0 Å². The van der Waals surface area contributed by atoms with E-state index in [0.29, 0.717) is 25.7 Å². The lowest BCUT2D eigenvalue weighted by molar-refractivity contribution is -0.249. The summed E-state index contributed by atoms with van der Waals surface area (Å²) in [5.41, 5.74) is -4.11. The number of imide groups is 1. The highest BCUT2D eigenvalue weighted by molar-refractivity contribution is 8.01. The maximum absolute atomic E-state index is 14.0. The van der Waals surface area contributed by atoms with Gasteiger partial charge in [0, 0.05) is 61.9 Å². The molecule has 18 nitrogen and oxygen atoms in total. The number of phenolic OH excluding ortho intramolecular Hbond substituents is 2. The lowest BCUT2D eigenvalue weighted by Gasteiger charge is -2.43. The minimum Gasteiger partial charge on any atom is -0.507 e. The third-order valence-corrected chi connectivity index (χ3v) is 13.8. The van der Waals surface area contributed by atoms with Gasteiger partial charge in [-0.05, 0) is 44.6 Å². The Balaban J connectivity index is 1.06. The largest absolute Gasteiger partial charge is 0.507 e. The molecule has 0 radical (unpaired) electrons. The van der Waals surface area contributed by atoms with Gasteiger partial charge in [0.15, 0.2) is 17.9 Å². The van der Waals surface area contributed by atoms with Crippen molar-refractivity contribution in [2.45, 2.75) is 99.8 Å². The standard InChI is InChI=1S/C42H49N3O15S/c1-18-35(50)23(44-40(55)20-9-7-19(8-10-20)15-45-29(49)12-26(41(45)56)61-17-28(48)43-2)11-30(59-18)60-25-14-42(57,27(47)16-46)13-22-32(25)39(54)34-33(37(22)52)36(51)21-5-4-6-24(58-3)31(21)38(34)53/h4-6,18-20,23,25-26,30,35,46,50,52,54,57H,7-17H2,1-3H3,(H,43,48)(H,44,55)/t18?,19?,20?,23?,25-,26?,30?,35?,42-/m0/s1. The van der Waals surface area contributed by atoms with Crippen LogP contribution in [0.4, 0.5) is 0 Å². The third kappa shape index (κ3) is 8.14.